The number of benzene rings is 2. The molecule has 1 fully saturated rings. The zero-order valence-corrected chi connectivity index (χ0v) is 29.0. The van der Waals surface area contributed by atoms with Crippen molar-refractivity contribution in [2.45, 2.75) is 82.8 Å². The van der Waals surface area contributed by atoms with Gasteiger partial charge in [-0.2, -0.15) is 0 Å². The van der Waals surface area contributed by atoms with E-state index in [2.05, 4.69) is 23.1 Å². The molecule has 1 saturated carbocycles. The molecule has 250 valence electrons. The van der Waals surface area contributed by atoms with Crippen LogP contribution < -0.4 is 14.8 Å². The molecular formula is C36H47ClN2O6S. The molecule has 0 amide bonds. The fraction of sp³-hybridized carbons (Fsp3) is 0.583. The topological polar surface area (TPSA) is 108 Å². The van der Waals surface area contributed by atoms with E-state index >= 15 is 0 Å². The quantitative estimate of drug-likeness (QED) is 0.242. The second-order valence-corrected chi connectivity index (χ2v) is 17.0. The Hall–Kier alpha value is -2.59. The highest BCUT2D eigenvalue weighted by molar-refractivity contribution is 7.89. The van der Waals surface area contributed by atoms with Gasteiger partial charge < -0.3 is 19.1 Å². The number of primary sulfonamides is 1. The summed E-state index contributed by atoms with van der Waals surface area (Å²) in [7, 11) is -1.69. The van der Waals surface area contributed by atoms with E-state index in [9.17, 15) is 13.2 Å². The van der Waals surface area contributed by atoms with Gasteiger partial charge in [0.15, 0.2) is 0 Å². The standard InChI is InChI=1S/C36H47ClN2O6S/c1-35(2,3)45-34(40)25-8-12-32-31(19-25)39(21-36(22-44-32)14-5-6-24-18-28(37)9-11-30(24)36)20-26-7-10-29(26)33(43-4)27-16-23(17-27)13-15-46(38,41)42/h8-9,11-12,16,18-19,23,26,29,33H,5-7,10,13-15,17,20-22H2,1-4H3,(H2,38,41,42)/t23-,26+,29-,33+,36+/m1/s1. The van der Waals surface area contributed by atoms with E-state index in [4.69, 9.17) is 31.0 Å². The molecule has 2 N–H and O–H groups in total. The molecule has 1 heterocycles. The van der Waals surface area contributed by atoms with Gasteiger partial charge in [-0.3, -0.25) is 0 Å². The molecule has 0 unspecified atom stereocenters. The molecule has 0 bridgehead atoms. The molecule has 0 aromatic heterocycles. The number of nitrogens with zero attached hydrogens (tertiary/aromatic N) is 1. The summed E-state index contributed by atoms with van der Waals surface area (Å²) in [4.78, 5) is 15.6. The van der Waals surface area contributed by atoms with Crippen LogP contribution in [0.5, 0.6) is 5.75 Å². The van der Waals surface area contributed by atoms with Crippen molar-refractivity contribution < 1.29 is 27.4 Å². The Morgan fingerprint density at radius 2 is 1.98 bits per heavy atom. The molecule has 1 spiro atoms. The van der Waals surface area contributed by atoms with Gasteiger partial charge in [-0.25, -0.2) is 18.4 Å². The lowest BCUT2D eigenvalue weighted by atomic mass is 9.65. The van der Waals surface area contributed by atoms with E-state index in [0.717, 1.165) is 68.1 Å². The number of fused-ring (bicyclic) bond motifs is 3. The van der Waals surface area contributed by atoms with Crippen molar-refractivity contribution in [1.82, 2.24) is 0 Å². The smallest absolute Gasteiger partial charge is 0.338 e. The number of hydrogen-bond acceptors (Lipinski definition) is 7. The van der Waals surface area contributed by atoms with Crippen molar-refractivity contribution in [3.63, 3.8) is 0 Å². The summed E-state index contributed by atoms with van der Waals surface area (Å²) in [5.74, 6) is 1.40. The SMILES string of the molecule is CO[C@@H](C1=C[C@@H](CCS(N)(=O)=O)C1)[C@@H]1CC[C@H]1CN1C[C@@]2(CCCc3cc(Cl)ccc32)COc2ccc(C(=O)OC(C)(C)C)cc21. The molecular weight excluding hydrogens is 624 g/mol. The lowest BCUT2D eigenvalue weighted by molar-refractivity contribution is 0.000512. The Kier molecular flexibility index (Phi) is 9.26. The minimum Gasteiger partial charge on any atom is -0.490 e. The summed E-state index contributed by atoms with van der Waals surface area (Å²) in [6.45, 7) is 7.77. The van der Waals surface area contributed by atoms with Crippen LogP contribution in [-0.2, 0) is 31.3 Å². The van der Waals surface area contributed by atoms with Crippen molar-refractivity contribution in [2.75, 3.05) is 37.5 Å². The minimum absolute atomic E-state index is 0.00393. The van der Waals surface area contributed by atoms with Gasteiger partial charge in [-0.05, 0) is 131 Å². The van der Waals surface area contributed by atoms with Crippen molar-refractivity contribution in [1.29, 1.82) is 0 Å². The van der Waals surface area contributed by atoms with E-state index in [1.165, 1.54) is 16.7 Å². The van der Waals surface area contributed by atoms with E-state index in [0.29, 0.717) is 30.4 Å². The summed E-state index contributed by atoms with van der Waals surface area (Å²) in [5, 5.41) is 5.99. The van der Waals surface area contributed by atoms with Gasteiger partial charge in [0.05, 0.1) is 29.7 Å². The normalized spacial score (nSPS) is 26.4. The third kappa shape index (κ3) is 7.13. The van der Waals surface area contributed by atoms with Crippen LogP contribution in [0.15, 0.2) is 48.0 Å². The molecule has 5 atom stereocenters. The second kappa shape index (κ2) is 12.8. The molecule has 3 aliphatic carbocycles. The van der Waals surface area contributed by atoms with Gasteiger partial charge in [-0.15, -0.1) is 0 Å². The molecule has 0 radical (unpaired) electrons. The third-order valence-corrected chi connectivity index (χ3v) is 11.4. The maximum atomic E-state index is 13.2. The number of carbonyl (C=O) groups excluding carboxylic acids is 1. The number of aryl methyl sites for hydroxylation is 1. The molecule has 4 aliphatic rings. The lowest BCUT2D eigenvalue weighted by Crippen LogP contribution is -2.50. The van der Waals surface area contributed by atoms with Crippen LogP contribution >= 0.6 is 11.6 Å². The number of carbonyl (C=O) groups is 1. The zero-order valence-electron chi connectivity index (χ0n) is 27.4. The number of nitrogens with two attached hydrogens (primary N) is 1. The van der Waals surface area contributed by atoms with E-state index < -0.39 is 15.6 Å². The van der Waals surface area contributed by atoms with E-state index in [-0.39, 0.29) is 29.2 Å². The summed E-state index contributed by atoms with van der Waals surface area (Å²) < 4.78 is 41.4. The Balaban J connectivity index is 1.29. The van der Waals surface area contributed by atoms with Crippen LogP contribution in [0.1, 0.15) is 80.8 Å². The molecule has 6 rings (SSSR count). The first-order valence-electron chi connectivity index (χ1n) is 16.5. The largest absolute Gasteiger partial charge is 0.490 e. The first kappa shape index (κ1) is 33.3. The van der Waals surface area contributed by atoms with Crippen molar-refractivity contribution in [2.24, 2.45) is 22.9 Å². The second-order valence-electron chi connectivity index (χ2n) is 14.8. The molecule has 8 nitrogen and oxygen atoms in total. The average Bonchev–Trinajstić information content (AvgIpc) is 3.09. The summed E-state index contributed by atoms with van der Waals surface area (Å²) in [5.41, 5.74) is 4.48. The van der Waals surface area contributed by atoms with Crippen LogP contribution in [0.4, 0.5) is 5.69 Å². The van der Waals surface area contributed by atoms with Crippen LogP contribution in [0.2, 0.25) is 5.02 Å². The predicted octanol–water partition coefficient (Wildman–Crippen LogP) is 6.43. The van der Waals surface area contributed by atoms with Gasteiger partial charge in [0, 0.05) is 30.6 Å². The number of anilines is 1. The van der Waals surface area contributed by atoms with Gasteiger partial charge in [0.2, 0.25) is 10.0 Å². The maximum absolute atomic E-state index is 13.2. The van der Waals surface area contributed by atoms with Gasteiger partial charge in [0.1, 0.15) is 11.4 Å². The Morgan fingerprint density at radius 3 is 2.65 bits per heavy atom. The maximum Gasteiger partial charge on any atom is 0.338 e. The van der Waals surface area contributed by atoms with Crippen molar-refractivity contribution >= 4 is 33.3 Å². The van der Waals surface area contributed by atoms with Crippen LogP contribution in [0, 0.1) is 17.8 Å². The summed E-state index contributed by atoms with van der Waals surface area (Å²) >= 11 is 6.44. The monoisotopic (exact) mass is 670 g/mol. The van der Waals surface area contributed by atoms with Gasteiger partial charge >= 0.3 is 5.97 Å². The number of hydrogen-bond donors (Lipinski definition) is 1. The van der Waals surface area contributed by atoms with Crippen molar-refractivity contribution in [3.8, 4) is 5.75 Å². The molecule has 1 aliphatic heterocycles. The highest BCUT2D eigenvalue weighted by Gasteiger charge is 2.46. The summed E-state index contributed by atoms with van der Waals surface area (Å²) in [6.07, 6.45) is 8.82. The van der Waals surface area contributed by atoms with Gasteiger partial charge in [-0.1, -0.05) is 23.7 Å². The minimum atomic E-state index is -3.46. The fourth-order valence-electron chi connectivity index (χ4n) is 7.97. The highest BCUT2D eigenvalue weighted by atomic mass is 35.5. The molecule has 2 aromatic carbocycles. The van der Waals surface area contributed by atoms with Crippen molar-refractivity contribution in [3.05, 3.63) is 69.8 Å². The molecule has 0 saturated heterocycles. The molecule has 2 aromatic rings. The third-order valence-electron chi connectivity index (χ3n) is 10.3. The number of ether oxygens (including phenoxy) is 3. The van der Waals surface area contributed by atoms with Crippen LogP contribution in [0.3, 0.4) is 0 Å². The number of sulfonamides is 1. The lowest BCUT2D eigenvalue weighted by Gasteiger charge is -2.48. The van der Waals surface area contributed by atoms with Crippen LogP contribution in [0.25, 0.3) is 0 Å². The highest BCUT2D eigenvalue weighted by Crippen LogP contribution is 2.48. The van der Waals surface area contributed by atoms with E-state index in [1.807, 2.05) is 39.0 Å². The van der Waals surface area contributed by atoms with Gasteiger partial charge in [0.25, 0.3) is 0 Å². The zero-order chi connectivity index (χ0) is 32.9. The fourth-order valence-corrected chi connectivity index (χ4v) is 8.79. The number of halogens is 1. The summed E-state index contributed by atoms with van der Waals surface area (Å²) in [6, 6.07) is 11.9. The number of esters is 1. The molecule has 46 heavy (non-hydrogen) atoms. The predicted molar refractivity (Wildman–Crippen MR) is 181 cm³/mol. The number of methoxy groups -OCH3 is 1. The first-order chi connectivity index (χ1) is 21.7. The molecule has 10 heteroatoms. The average molecular weight is 671 g/mol. The number of allylic oxidation sites excluding steroid dienone is 1. The van der Waals surface area contributed by atoms with E-state index in [1.54, 1.807) is 13.2 Å². The Morgan fingerprint density at radius 1 is 1.20 bits per heavy atom. The Bertz CT molecular complexity index is 1620. The number of rotatable bonds is 9. The van der Waals surface area contributed by atoms with Crippen LogP contribution in [-0.4, -0.2) is 58.7 Å². The Labute approximate surface area is 278 Å². The first-order valence-corrected chi connectivity index (χ1v) is 18.6.